The Balaban J connectivity index is 0.000000151. The number of carboxylic acids is 1. The number of imidazole rings is 1. The Morgan fingerprint density at radius 2 is 1.37 bits per heavy atom. The first-order valence-corrected chi connectivity index (χ1v) is 11.3. The van der Waals surface area contributed by atoms with Gasteiger partial charge < -0.3 is 5.11 Å². The normalized spacial score (nSPS) is 23.8. The van der Waals surface area contributed by atoms with E-state index in [1.165, 1.54) is 5.56 Å². The van der Waals surface area contributed by atoms with Gasteiger partial charge >= 0.3 is 5.97 Å². The van der Waals surface area contributed by atoms with Crippen LogP contribution in [0.2, 0.25) is 0 Å². The summed E-state index contributed by atoms with van der Waals surface area (Å²) < 4.78 is 3.67. The molecule has 0 spiro atoms. The highest BCUT2D eigenvalue weighted by molar-refractivity contribution is 9.10. The third kappa shape index (κ3) is 4.90. The number of aromatic nitrogens is 2. The Kier molecular flexibility index (Phi) is 6.20. The Hall–Kier alpha value is -2.25. The third-order valence-electron chi connectivity index (χ3n) is 5.57. The molecule has 4 atom stereocenters. The second-order valence-corrected chi connectivity index (χ2v) is 9.48. The summed E-state index contributed by atoms with van der Waals surface area (Å²) in [6, 6.07) is 16.1. The fourth-order valence-corrected chi connectivity index (χ4v) is 4.20. The molecular formula is C23H20Br2N2O3. The maximum absolute atomic E-state index is 12.0. The maximum Gasteiger partial charge on any atom is 0.307 e. The minimum atomic E-state index is -0.673. The lowest BCUT2D eigenvalue weighted by Gasteiger charge is -2.01. The van der Waals surface area contributed by atoms with Crippen LogP contribution >= 0.6 is 31.9 Å². The van der Waals surface area contributed by atoms with Crippen molar-refractivity contribution in [3.8, 4) is 0 Å². The van der Waals surface area contributed by atoms with Gasteiger partial charge in [-0.1, -0.05) is 56.1 Å². The second-order valence-electron chi connectivity index (χ2n) is 7.65. The van der Waals surface area contributed by atoms with Crippen molar-refractivity contribution in [3.63, 3.8) is 0 Å². The fourth-order valence-electron chi connectivity index (χ4n) is 3.67. The first-order valence-electron chi connectivity index (χ1n) is 9.70. The van der Waals surface area contributed by atoms with Gasteiger partial charge in [-0.25, -0.2) is 4.98 Å². The molecule has 2 aliphatic rings. The maximum atomic E-state index is 12.0. The van der Waals surface area contributed by atoms with Gasteiger partial charge in [-0.3, -0.25) is 14.2 Å². The number of carboxylic acid groups (broad SMARTS) is 1. The molecule has 1 aromatic heterocycles. The third-order valence-corrected chi connectivity index (χ3v) is 6.63. The highest BCUT2D eigenvalue weighted by atomic mass is 79.9. The highest BCUT2D eigenvalue weighted by Crippen LogP contribution is 2.48. The van der Waals surface area contributed by atoms with Crippen LogP contribution in [0, 0.1) is 11.8 Å². The summed E-state index contributed by atoms with van der Waals surface area (Å²) in [6.07, 6.45) is 6.64. The summed E-state index contributed by atoms with van der Waals surface area (Å²) in [6.45, 7) is 0. The van der Waals surface area contributed by atoms with Gasteiger partial charge in [-0.05, 0) is 60.1 Å². The van der Waals surface area contributed by atoms with Gasteiger partial charge in [0.15, 0.2) is 0 Å². The first-order chi connectivity index (χ1) is 14.4. The monoisotopic (exact) mass is 530 g/mol. The predicted octanol–water partition coefficient (Wildman–Crippen LogP) is 5.73. The largest absolute Gasteiger partial charge is 0.481 e. The molecular weight excluding hydrogens is 512 g/mol. The van der Waals surface area contributed by atoms with E-state index in [9.17, 15) is 9.59 Å². The summed E-state index contributed by atoms with van der Waals surface area (Å²) in [5.41, 5.74) is 2.38. The van der Waals surface area contributed by atoms with Crippen molar-refractivity contribution in [2.24, 2.45) is 11.8 Å². The van der Waals surface area contributed by atoms with Gasteiger partial charge in [0.05, 0.1) is 5.92 Å². The lowest BCUT2D eigenvalue weighted by molar-refractivity contribution is -0.138. The van der Waals surface area contributed by atoms with Crippen LogP contribution in [0.25, 0.3) is 0 Å². The molecule has 1 N–H and O–H groups in total. The van der Waals surface area contributed by atoms with Crippen LogP contribution in [-0.2, 0) is 4.79 Å². The van der Waals surface area contributed by atoms with Crippen molar-refractivity contribution in [1.29, 1.82) is 0 Å². The second kappa shape index (κ2) is 8.86. The zero-order valence-corrected chi connectivity index (χ0v) is 19.2. The van der Waals surface area contributed by atoms with Crippen molar-refractivity contribution in [2.75, 3.05) is 0 Å². The number of halogens is 2. The van der Waals surface area contributed by atoms with Gasteiger partial charge in [0, 0.05) is 27.3 Å². The van der Waals surface area contributed by atoms with E-state index in [2.05, 4.69) is 49.0 Å². The molecule has 0 amide bonds. The van der Waals surface area contributed by atoms with Crippen LogP contribution in [0.5, 0.6) is 0 Å². The lowest BCUT2D eigenvalue weighted by Crippen LogP contribution is -2.11. The molecule has 1 heterocycles. The number of hydrogen-bond acceptors (Lipinski definition) is 3. The number of benzene rings is 2. The van der Waals surface area contributed by atoms with Crippen LogP contribution < -0.4 is 0 Å². The molecule has 30 heavy (non-hydrogen) atoms. The Morgan fingerprint density at radius 3 is 1.80 bits per heavy atom. The Bertz CT molecular complexity index is 1030. The molecule has 2 saturated carbocycles. The van der Waals surface area contributed by atoms with Crippen LogP contribution in [0.1, 0.15) is 40.6 Å². The molecule has 5 rings (SSSR count). The topological polar surface area (TPSA) is 72.2 Å². The standard InChI is InChI=1S/C13H11BrN2O.C10H9BrO2/c14-10-3-1-9(2-4-10)11-7-12(11)13(17)16-6-5-15-8-16;11-7-3-1-6(2-4-7)8-5-9(8)10(12)13/h1-6,8,11-12H,7H2;1-4,8-9H,5H2,(H,12,13)/t11-,12-;8-,9-/m11/s1. The average molecular weight is 532 g/mol. The number of nitrogens with zero attached hydrogens (tertiary/aromatic N) is 2. The molecule has 3 aromatic rings. The van der Waals surface area contributed by atoms with Crippen LogP contribution in [0.3, 0.4) is 0 Å². The van der Waals surface area contributed by atoms with Crippen LogP contribution in [0.4, 0.5) is 0 Å². The van der Waals surface area contributed by atoms with E-state index in [0.29, 0.717) is 5.92 Å². The number of carbonyl (C=O) groups excluding carboxylic acids is 1. The molecule has 7 heteroatoms. The molecule has 5 nitrogen and oxygen atoms in total. The minimum Gasteiger partial charge on any atom is -0.481 e. The van der Waals surface area contributed by atoms with Gasteiger partial charge in [0.25, 0.3) is 0 Å². The summed E-state index contributed by atoms with van der Waals surface area (Å²) in [5, 5.41) is 8.73. The molecule has 0 unspecified atom stereocenters. The van der Waals surface area contributed by atoms with E-state index >= 15 is 0 Å². The Labute approximate surface area is 191 Å². The summed E-state index contributed by atoms with van der Waals surface area (Å²) in [4.78, 5) is 26.5. The number of carbonyl (C=O) groups is 2. The fraction of sp³-hybridized carbons (Fsp3) is 0.261. The number of hydrogen-bond donors (Lipinski definition) is 1. The summed E-state index contributed by atoms with van der Waals surface area (Å²) in [7, 11) is 0. The van der Waals surface area contributed by atoms with E-state index in [1.54, 1.807) is 23.3 Å². The van der Waals surface area contributed by atoms with Crippen molar-refractivity contribution < 1.29 is 14.7 Å². The molecule has 0 aliphatic heterocycles. The summed E-state index contributed by atoms with van der Waals surface area (Å²) in [5.74, 6) is 0.0542. The van der Waals surface area contributed by atoms with E-state index in [1.807, 2.05) is 36.4 Å². The molecule has 2 aromatic carbocycles. The predicted molar refractivity (Wildman–Crippen MR) is 120 cm³/mol. The SMILES string of the molecule is O=C(O)[C@@H]1C[C@@H]1c1ccc(Br)cc1.O=C([C@@H]1C[C@@H]1c1ccc(Br)cc1)n1ccnc1. The molecule has 0 saturated heterocycles. The molecule has 2 fully saturated rings. The zero-order valence-electron chi connectivity index (χ0n) is 16.0. The van der Waals surface area contributed by atoms with Crippen molar-refractivity contribution in [3.05, 3.63) is 87.3 Å². The van der Waals surface area contributed by atoms with E-state index < -0.39 is 5.97 Å². The van der Waals surface area contributed by atoms with Crippen molar-refractivity contribution in [1.82, 2.24) is 9.55 Å². The van der Waals surface area contributed by atoms with E-state index in [4.69, 9.17) is 5.11 Å². The van der Waals surface area contributed by atoms with Crippen LogP contribution in [-0.4, -0.2) is 26.5 Å². The summed E-state index contributed by atoms with van der Waals surface area (Å²) >= 11 is 6.75. The molecule has 154 valence electrons. The lowest BCUT2D eigenvalue weighted by atomic mass is 10.1. The Morgan fingerprint density at radius 1 is 0.867 bits per heavy atom. The van der Waals surface area contributed by atoms with Crippen molar-refractivity contribution in [2.45, 2.75) is 24.7 Å². The van der Waals surface area contributed by atoms with Gasteiger partial charge in [-0.15, -0.1) is 0 Å². The quantitative estimate of drug-likeness (QED) is 0.467. The van der Waals surface area contributed by atoms with Gasteiger partial charge in [0.2, 0.25) is 5.91 Å². The van der Waals surface area contributed by atoms with Gasteiger partial charge in [-0.2, -0.15) is 0 Å². The van der Waals surface area contributed by atoms with Crippen molar-refractivity contribution >= 4 is 43.7 Å². The average Bonchev–Trinajstić information content (AvgIpc) is 3.65. The number of aliphatic carboxylic acids is 1. The van der Waals surface area contributed by atoms with Crippen LogP contribution in [0.15, 0.2) is 76.2 Å². The first kappa shape index (κ1) is 21.0. The molecule has 0 radical (unpaired) electrons. The van der Waals surface area contributed by atoms with Gasteiger partial charge in [0.1, 0.15) is 6.33 Å². The molecule has 0 bridgehead atoms. The highest BCUT2D eigenvalue weighted by Gasteiger charge is 2.44. The smallest absolute Gasteiger partial charge is 0.307 e. The minimum absolute atomic E-state index is 0.116. The van der Waals surface area contributed by atoms with E-state index in [0.717, 1.165) is 27.4 Å². The zero-order chi connectivity index (χ0) is 21.3. The van der Waals surface area contributed by atoms with E-state index in [-0.39, 0.29) is 23.7 Å². The number of rotatable bonds is 4. The molecule has 2 aliphatic carbocycles.